The average molecular weight is 451 g/mol. The van der Waals surface area contributed by atoms with Gasteiger partial charge in [-0.1, -0.05) is 48.0 Å². The van der Waals surface area contributed by atoms with Gasteiger partial charge in [-0.2, -0.15) is 0 Å². The van der Waals surface area contributed by atoms with Crippen LogP contribution >= 0.6 is 11.6 Å². The first-order valence-electron chi connectivity index (χ1n) is 10.7. The molecule has 1 aromatic heterocycles. The van der Waals surface area contributed by atoms with Crippen molar-refractivity contribution in [2.75, 3.05) is 19.7 Å². The third kappa shape index (κ3) is 4.04. The number of furan rings is 1. The van der Waals surface area contributed by atoms with Crippen LogP contribution in [0.5, 0.6) is 0 Å². The predicted molar refractivity (Wildman–Crippen MR) is 119 cm³/mol. The van der Waals surface area contributed by atoms with Gasteiger partial charge in [0, 0.05) is 24.5 Å². The highest BCUT2D eigenvalue weighted by atomic mass is 35.5. The van der Waals surface area contributed by atoms with Crippen molar-refractivity contribution in [2.24, 2.45) is 0 Å². The maximum Gasteiger partial charge on any atom is 0.290 e. The van der Waals surface area contributed by atoms with Gasteiger partial charge in [0.05, 0.1) is 19.4 Å². The van der Waals surface area contributed by atoms with Gasteiger partial charge in [0.1, 0.15) is 12.1 Å². The number of nitrogens with zero attached hydrogens (tertiary/aromatic N) is 2. The Bertz CT molecular complexity index is 1110. The molecule has 2 aliphatic rings. The zero-order chi connectivity index (χ0) is 22.1. The molecular weight excluding hydrogens is 428 g/mol. The molecule has 0 saturated carbocycles. The lowest BCUT2D eigenvalue weighted by Crippen LogP contribution is -2.55. The molecular formula is C25H23ClN2O4. The van der Waals surface area contributed by atoms with Crippen LogP contribution < -0.4 is 0 Å². The fraction of sp³-hybridized carbons (Fsp3) is 0.280. The van der Waals surface area contributed by atoms with Gasteiger partial charge in [0.15, 0.2) is 5.76 Å². The number of ether oxygens (including phenoxy) is 1. The van der Waals surface area contributed by atoms with Gasteiger partial charge >= 0.3 is 0 Å². The second kappa shape index (κ2) is 8.81. The standard InChI is InChI=1S/C25H23ClN2O4/c26-20-9-7-17(8-10-20)23-16-27(11-13-32-23)24(29)21-14-18-4-1-2-5-19(18)15-28(21)25(30)22-6-3-12-31-22/h1-10,12,21,23H,11,13-16H2. The van der Waals surface area contributed by atoms with Gasteiger partial charge in [-0.15, -0.1) is 0 Å². The van der Waals surface area contributed by atoms with Crippen molar-refractivity contribution in [1.29, 1.82) is 0 Å². The van der Waals surface area contributed by atoms with Crippen molar-refractivity contribution in [2.45, 2.75) is 25.1 Å². The molecule has 1 fully saturated rings. The van der Waals surface area contributed by atoms with Crippen LogP contribution in [-0.2, 0) is 22.5 Å². The molecule has 164 valence electrons. The Kier molecular flexibility index (Phi) is 5.72. The normalized spacial score (nSPS) is 20.7. The van der Waals surface area contributed by atoms with Crippen LogP contribution in [0.1, 0.15) is 33.3 Å². The van der Waals surface area contributed by atoms with Crippen molar-refractivity contribution >= 4 is 23.4 Å². The number of amides is 2. The quantitative estimate of drug-likeness (QED) is 0.602. The summed E-state index contributed by atoms with van der Waals surface area (Å²) < 4.78 is 11.3. The number of hydrogen-bond acceptors (Lipinski definition) is 4. The first-order chi connectivity index (χ1) is 15.6. The number of hydrogen-bond donors (Lipinski definition) is 0. The van der Waals surface area contributed by atoms with Crippen LogP contribution in [-0.4, -0.2) is 47.4 Å². The number of carbonyl (C=O) groups excluding carboxylic acids is 2. The molecule has 0 aliphatic carbocycles. The molecule has 2 aromatic carbocycles. The maximum absolute atomic E-state index is 13.7. The molecule has 0 spiro atoms. The van der Waals surface area contributed by atoms with Crippen LogP contribution in [0.25, 0.3) is 0 Å². The van der Waals surface area contributed by atoms with Gasteiger partial charge in [0.2, 0.25) is 5.91 Å². The highest BCUT2D eigenvalue weighted by Gasteiger charge is 2.39. The summed E-state index contributed by atoms with van der Waals surface area (Å²) in [4.78, 5) is 30.4. The predicted octanol–water partition coefficient (Wildman–Crippen LogP) is 4.10. The van der Waals surface area contributed by atoms with Crippen molar-refractivity contribution in [1.82, 2.24) is 9.80 Å². The van der Waals surface area contributed by atoms with E-state index in [1.54, 1.807) is 17.0 Å². The largest absolute Gasteiger partial charge is 0.459 e. The molecule has 3 heterocycles. The molecule has 7 heteroatoms. The third-order valence-electron chi connectivity index (χ3n) is 6.15. The van der Waals surface area contributed by atoms with E-state index >= 15 is 0 Å². The van der Waals surface area contributed by atoms with Crippen molar-refractivity contribution in [3.8, 4) is 0 Å². The minimum atomic E-state index is -0.591. The highest BCUT2D eigenvalue weighted by Crippen LogP contribution is 2.29. The molecule has 2 atom stereocenters. The van der Waals surface area contributed by atoms with Gasteiger partial charge < -0.3 is 19.0 Å². The number of halogens is 1. The van der Waals surface area contributed by atoms with E-state index in [0.717, 1.165) is 16.7 Å². The summed E-state index contributed by atoms with van der Waals surface area (Å²) >= 11 is 6.01. The first-order valence-corrected chi connectivity index (χ1v) is 11.0. The van der Waals surface area contributed by atoms with Crippen molar-refractivity contribution in [3.63, 3.8) is 0 Å². The lowest BCUT2D eigenvalue weighted by molar-refractivity contribution is -0.144. The van der Waals surface area contributed by atoms with E-state index < -0.39 is 6.04 Å². The van der Waals surface area contributed by atoms with E-state index in [2.05, 4.69) is 0 Å². The Balaban J connectivity index is 1.40. The summed E-state index contributed by atoms with van der Waals surface area (Å²) in [7, 11) is 0. The number of fused-ring (bicyclic) bond motifs is 1. The van der Waals surface area contributed by atoms with Crippen LogP contribution in [0.3, 0.4) is 0 Å². The molecule has 0 N–H and O–H groups in total. The molecule has 2 aliphatic heterocycles. The highest BCUT2D eigenvalue weighted by molar-refractivity contribution is 6.30. The van der Waals surface area contributed by atoms with E-state index in [1.807, 2.05) is 53.4 Å². The van der Waals surface area contributed by atoms with Crippen molar-refractivity contribution in [3.05, 3.63) is 94.4 Å². The Morgan fingerprint density at radius 3 is 2.50 bits per heavy atom. The number of benzene rings is 2. The van der Waals surface area contributed by atoms with Gasteiger partial charge in [0.25, 0.3) is 5.91 Å². The molecule has 3 aromatic rings. The van der Waals surface area contributed by atoms with Crippen LogP contribution in [0.4, 0.5) is 0 Å². The molecule has 2 amide bonds. The van der Waals surface area contributed by atoms with E-state index in [4.69, 9.17) is 20.8 Å². The number of morpholine rings is 1. The third-order valence-corrected chi connectivity index (χ3v) is 6.40. The molecule has 1 saturated heterocycles. The van der Waals surface area contributed by atoms with E-state index in [-0.39, 0.29) is 23.7 Å². The zero-order valence-corrected chi connectivity index (χ0v) is 18.2. The minimum absolute atomic E-state index is 0.0679. The topological polar surface area (TPSA) is 63.0 Å². The number of carbonyl (C=O) groups is 2. The lowest BCUT2D eigenvalue weighted by Gasteiger charge is -2.40. The Labute approximate surface area is 191 Å². The molecule has 0 radical (unpaired) electrons. The summed E-state index contributed by atoms with van der Waals surface area (Å²) in [5.74, 6) is -0.102. The van der Waals surface area contributed by atoms with Gasteiger partial charge in [-0.3, -0.25) is 9.59 Å². The average Bonchev–Trinajstić information content (AvgIpc) is 3.38. The van der Waals surface area contributed by atoms with Crippen molar-refractivity contribution < 1.29 is 18.7 Å². The summed E-state index contributed by atoms with van der Waals surface area (Å²) in [6.07, 6.45) is 1.72. The van der Waals surface area contributed by atoms with Gasteiger partial charge in [-0.25, -0.2) is 0 Å². The Morgan fingerprint density at radius 1 is 0.969 bits per heavy atom. The van der Waals surface area contributed by atoms with E-state index in [9.17, 15) is 9.59 Å². The summed E-state index contributed by atoms with van der Waals surface area (Å²) in [5.41, 5.74) is 3.12. The second-order valence-electron chi connectivity index (χ2n) is 8.09. The summed E-state index contributed by atoms with van der Waals surface area (Å²) in [5, 5.41) is 0.658. The SMILES string of the molecule is O=C(C1Cc2ccccc2CN1C(=O)c1ccco1)N1CCOC(c2ccc(Cl)cc2)C1. The van der Waals surface area contributed by atoms with E-state index in [0.29, 0.717) is 37.7 Å². The molecule has 5 rings (SSSR count). The van der Waals surface area contributed by atoms with Crippen LogP contribution in [0, 0.1) is 0 Å². The Morgan fingerprint density at radius 2 is 1.75 bits per heavy atom. The molecule has 0 bridgehead atoms. The number of rotatable bonds is 3. The zero-order valence-electron chi connectivity index (χ0n) is 17.4. The van der Waals surface area contributed by atoms with Gasteiger partial charge in [-0.05, 0) is 41.0 Å². The fourth-order valence-corrected chi connectivity index (χ4v) is 4.56. The maximum atomic E-state index is 13.7. The smallest absolute Gasteiger partial charge is 0.290 e. The lowest BCUT2D eigenvalue weighted by atomic mass is 9.92. The minimum Gasteiger partial charge on any atom is -0.459 e. The van der Waals surface area contributed by atoms with E-state index in [1.165, 1.54) is 6.26 Å². The fourth-order valence-electron chi connectivity index (χ4n) is 4.44. The van der Waals surface area contributed by atoms with Crippen LogP contribution in [0.15, 0.2) is 71.3 Å². The summed E-state index contributed by atoms with van der Waals surface area (Å²) in [6, 6.07) is 18.2. The molecule has 2 unspecified atom stereocenters. The van der Waals surface area contributed by atoms with Crippen LogP contribution in [0.2, 0.25) is 5.02 Å². The molecule has 6 nitrogen and oxygen atoms in total. The first kappa shape index (κ1) is 20.8. The second-order valence-corrected chi connectivity index (χ2v) is 8.53. The monoisotopic (exact) mass is 450 g/mol. The summed E-state index contributed by atoms with van der Waals surface area (Å²) in [6.45, 7) is 1.73. The Hall–Kier alpha value is -3.09. The molecule has 32 heavy (non-hydrogen) atoms.